The van der Waals surface area contributed by atoms with Gasteiger partial charge in [-0.2, -0.15) is 13.2 Å². The molecule has 0 aliphatic rings. The third kappa shape index (κ3) is 3.37. The lowest BCUT2D eigenvalue weighted by molar-refractivity contribution is -0.137. The highest BCUT2D eigenvalue weighted by atomic mass is 19.4. The van der Waals surface area contributed by atoms with Crippen molar-refractivity contribution in [3.05, 3.63) is 48.2 Å². The molecular formula is C13H10F3NO2. The molecule has 100 valence electrons. The third-order valence-corrected chi connectivity index (χ3v) is 2.33. The van der Waals surface area contributed by atoms with Gasteiger partial charge >= 0.3 is 6.18 Å². The average molecular weight is 269 g/mol. The molecule has 0 unspecified atom stereocenters. The molecule has 0 fully saturated rings. The summed E-state index contributed by atoms with van der Waals surface area (Å²) in [5.74, 6) is 0.742. The second kappa shape index (κ2) is 5.17. The van der Waals surface area contributed by atoms with Gasteiger partial charge < -0.3 is 9.47 Å². The zero-order chi connectivity index (χ0) is 13.9. The Morgan fingerprint density at radius 1 is 1.05 bits per heavy atom. The highest BCUT2D eigenvalue weighted by Crippen LogP contribution is 2.32. The molecular weight excluding hydrogens is 259 g/mol. The molecule has 6 heteroatoms. The summed E-state index contributed by atoms with van der Waals surface area (Å²) in [5.41, 5.74) is -0.770. The van der Waals surface area contributed by atoms with Crippen molar-refractivity contribution in [2.45, 2.75) is 6.18 Å². The summed E-state index contributed by atoms with van der Waals surface area (Å²) in [7, 11) is 1.48. The number of rotatable bonds is 3. The van der Waals surface area contributed by atoms with Crippen molar-refractivity contribution >= 4 is 0 Å². The van der Waals surface area contributed by atoms with E-state index in [1.165, 1.54) is 31.5 Å². The van der Waals surface area contributed by atoms with E-state index in [2.05, 4.69) is 4.98 Å². The highest BCUT2D eigenvalue weighted by molar-refractivity contribution is 5.34. The van der Waals surface area contributed by atoms with Crippen LogP contribution in [0.1, 0.15) is 5.56 Å². The number of halogens is 3. The maximum absolute atomic E-state index is 12.5. The summed E-state index contributed by atoms with van der Waals surface area (Å²) in [6, 6.07) is 7.70. The van der Waals surface area contributed by atoms with E-state index in [1.54, 1.807) is 6.07 Å². The fourth-order valence-corrected chi connectivity index (χ4v) is 1.43. The van der Waals surface area contributed by atoms with E-state index in [1.807, 2.05) is 0 Å². The van der Waals surface area contributed by atoms with Gasteiger partial charge in [-0.1, -0.05) is 6.07 Å². The van der Waals surface area contributed by atoms with Crippen LogP contribution >= 0.6 is 0 Å². The topological polar surface area (TPSA) is 31.4 Å². The summed E-state index contributed by atoms with van der Waals surface area (Å²) in [6.45, 7) is 0. The lowest BCUT2D eigenvalue weighted by atomic mass is 10.2. The Hall–Kier alpha value is -2.24. The second-order valence-electron chi connectivity index (χ2n) is 3.66. The zero-order valence-corrected chi connectivity index (χ0v) is 9.94. The minimum Gasteiger partial charge on any atom is -0.497 e. The molecule has 1 heterocycles. The van der Waals surface area contributed by atoms with Crippen LogP contribution in [0.3, 0.4) is 0 Å². The lowest BCUT2D eigenvalue weighted by Crippen LogP contribution is -2.04. The number of nitrogens with zero attached hydrogens (tertiary/aromatic N) is 1. The van der Waals surface area contributed by atoms with Gasteiger partial charge in [0, 0.05) is 12.3 Å². The predicted octanol–water partition coefficient (Wildman–Crippen LogP) is 3.90. The van der Waals surface area contributed by atoms with Gasteiger partial charge in [0.2, 0.25) is 5.88 Å². The molecule has 2 aromatic rings. The van der Waals surface area contributed by atoms with Gasteiger partial charge in [-0.25, -0.2) is 4.98 Å². The number of ether oxygens (including phenoxy) is 2. The summed E-state index contributed by atoms with van der Waals surface area (Å²) in [5, 5.41) is 0. The Morgan fingerprint density at radius 2 is 1.84 bits per heavy atom. The Balaban J connectivity index is 2.23. The largest absolute Gasteiger partial charge is 0.497 e. The van der Waals surface area contributed by atoms with Gasteiger partial charge in [0.25, 0.3) is 0 Å². The van der Waals surface area contributed by atoms with Crippen molar-refractivity contribution in [1.29, 1.82) is 0 Å². The van der Waals surface area contributed by atoms with Crippen molar-refractivity contribution in [3.8, 4) is 17.4 Å². The lowest BCUT2D eigenvalue weighted by Gasteiger charge is -2.09. The second-order valence-corrected chi connectivity index (χ2v) is 3.66. The van der Waals surface area contributed by atoms with Crippen molar-refractivity contribution in [1.82, 2.24) is 4.98 Å². The Labute approximate surface area is 107 Å². The molecule has 0 atom stereocenters. The van der Waals surface area contributed by atoms with E-state index in [-0.39, 0.29) is 11.6 Å². The smallest absolute Gasteiger partial charge is 0.416 e. The fraction of sp³-hybridized carbons (Fsp3) is 0.154. The number of benzene rings is 1. The molecule has 0 N–H and O–H groups in total. The van der Waals surface area contributed by atoms with E-state index >= 15 is 0 Å². The first kappa shape index (κ1) is 13.2. The molecule has 0 aliphatic carbocycles. The van der Waals surface area contributed by atoms with Gasteiger partial charge in [-0.05, 0) is 24.3 Å². The standard InChI is InChI=1S/C13H10F3NO2/c1-18-10-5-6-17-12(8-10)19-11-4-2-3-9(7-11)13(14,15)16/h2-8H,1H3. The molecule has 0 amide bonds. The molecule has 3 nitrogen and oxygen atoms in total. The Kier molecular flexibility index (Phi) is 3.59. The zero-order valence-electron chi connectivity index (χ0n) is 9.94. The van der Waals surface area contributed by atoms with Gasteiger partial charge in [0.05, 0.1) is 12.7 Å². The molecule has 2 rings (SSSR count). The summed E-state index contributed by atoms with van der Waals surface area (Å²) >= 11 is 0. The first-order chi connectivity index (χ1) is 8.99. The Morgan fingerprint density at radius 3 is 2.53 bits per heavy atom. The van der Waals surface area contributed by atoms with Crippen LogP contribution in [0.5, 0.6) is 17.4 Å². The predicted molar refractivity (Wildman–Crippen MR) is 62.3 cm³/mol. The van der Waals surface area contributed by atoms with Crippen LogP contribution in [0, 0.1) is 0 Å². The number of alkyl halides is 3. The van der Waals surface area contributed by atoms with E-state index in [4.69, 9.17) is 9.47 Å². The van der Waals surface area contributed by atoms with E-state index < -0.39 is 11.7 Å². The minimum absolute atomic E-state index is 0.0654. The van der Waals surface area contributed by atoms with Crippen molar-refractivity contribution < 1.29 is 22.6 Å². The molecule has 1 aromatic carbocycles. The fourth-order valence-electron chi connectivity index (χ4n) is 1.43. The van der Waals surface area contributed by atoms with E-state index in [0.717, 1.165) is 12.1 Å². The average Bonchev–Trinajstić information content (AvgIpc) is 2.38. The Bertz CT molecular complexity index is 570. The molecule has 0 aliphatic heterocycles. The minimum atomic E-state index is -4.40. The molecule has 0 bridgehead atoms. The van der Waals surface area contributed by atoms with Crippen LogP contribution < -0.4 is 9.47 Å². The number of methoxy groups -OCH3 is 1. The third-order valence-electron chi connectivity index (χ3n) is 2.33. The molecule has 1 aromatic heterocycles. The van der Waals surface area contributed by atoms with Crippen molar-refractivity contribution in [2.75, 3.05) is 7.11 Å². The van der Waals surface area contributed by atoms with Gasteiger partial charge in [0.1, 0.15) is 11.5 Å². The first-order valence-electron chi connectivity index (χ1n) is 5.34. The van der Waals surface area contributed by atoms with E-state index in [9.17, 15) is 13.2 Å². The summed E-state index contributed by atoms with van der Waals surface area (Å²) < 4.78 is 47.8. The number of hydrogen-bond donors (Lipinski definition) is 0. The highest BCUT2D eigenvalue weighted by Gasteiger charge is 2.30. The normalized spacial score (nSPS) is 11.2. The summed E-state index contributed by atoms with van der Waals surface area (Å²) in [6.07, 6.45) is -2.96. The van der Waals surface area contributed by atoms with Crippen LogP contribution in [0.2, 0.25) is 0 Å². The quantitative estimate of drug-likeness (QED) is 0.846. The van der Waals surface area contributed by atoms with Gasteiger partial charge in [0.15, 0.2) is 0 Å². The maximum Gasteiger partial charge on any atom is 0.416 e. The molecule has 0 saturated heterocycles. The molecule has 19 heavy (non-hydrogen) atoms. The van der Waals surface area contributed by atoms with Crippen molar-refractivity contribution in [2.24, 2.45) is 0 Å². The van der Waals surface area contributed by atoms with Gasteiger partial charge in [-0.3, -0.25) is 0 Å². The summed E-state index contributed by atoms with van der Waals surface area (Å²) in [4.78, 5) is 3.89. The number of pyridine rings is 1. The monoisotopic (exact) mass is 269 g/mol. The molecule has 0 spiro atoms. The number of aromatic nitrogens is 1. The first-order valence-corrected chi connectivity index (χ1v) is 5.34. The van der Waals surface area contributed by atoms with E-state index in [0.29, 0.717) is 5.75 Å². The SMILES string of the molecule is COc1ccnc(Oc2cccc(C(F)(F)F)c2)c1. The van der Waals surface area contributed by atoms with Crippen molar-refractivity contribution in [3.63, 3.8) is 0 Å². The molecule has 0 radical (unpaired) electrons. The van der Waals surface area contributed by atoms with Crippen LogP contribution in [-0.4, -0.2) is 12.1 Å². The van der Waals surface area contributed by atoms with Crippen LogP contribution in [-0.2, 0) is 6.18 Å². The van der Waals surface area contributed by atoms with Crippen LogP contribution in [0.15, 0.2) is 42.6 Å². The van der Waals surface area contributed by atoms with Crippen LogP contribution in [0.4, 0.5) is 13.2 Å². The molecule has 0 saturated carbocycles. The maximum atomic E-state index is 12.5. The van der Waals surface area contributed by atoms with Crippen LogP contribution in [0.25, 0.3) is 0 Å². The number of hydrogen-bond acceptors (Lipinski definition) is 3. The van der Waals surface area contributed by atoms with Gasteiger partial charge in [-0.15, -0.1) is 0 Å².